The molecule has 0 bridgehead atoms. The molecule has 1 aromatic carbocycles. The standard InChI is InChI=1S/C15H20N4O/c1-10(2)15-17-6-7-19(15)9-13-5-4-12(8-11(13)3)14(16)18-20/h4-8,10,20H,9H2,1-3H3,(H2,16,18). The third-order valence-corrected chi connectivity index (χ3v) is 3.35. The summed E-state index contributed by atoms with van der Waals surface area (Å²) in [5, 5.41) is 11.7. The molecule has 0 unspecified atom stereocenters. The summed E-state index contributed by atoms with van der Waals surface area (Å²) < 4.78 is 2.15. The van der Waals surface area contributed by atoms with E-state index in [4.69, 9.17) is 10.9 Å². The molecule has 0 saturated carbocycles. The predicted molar refractivity (Wildman–Crippen MR) is 79.1 cm³/mol. The van der Waals surface area contributed by atoms with Crippen molar-refractivity contribution in [2.45, 2.75) is 33.2 Å². The lowest BCUT2D eigenvalue weighted by molar-refractivity contribution is 0.318. The Hall–Kier alpha value is -2.30. The van der Waals surface area contributed by atoms with Gasteiger partial charge in [0.2, 0.25) is 0 Å². The molecule has 0 radical (unpaired) electrons. The van der Waals surface area contributed by atoms with Crippen LogP contribution in [0, 0.1) is 6.92 Å². The number of rotatable bonds is 4. The SMILES string of the molecule is Cc1cc(/C(N)=N/O)ccc1Cn1ccnc1C(C)C. The minimum absolute atomic E-state index is 0.130. The molecule has 2 aromatic rings. The van der Waals surface area contributed by atoms with Crippen molar-refractivity contribution in [3.05, 3.63) is 53.1 Å². The first kappa shape index (κ1) is 14.1. The van der Waals surface area contributed by atoms with Gasteiger partial charge in [0.25, 0.3) is 0 Å². The molecule has 0 fully saturated rings. The molecule has 20 heavy (non-hydrogen) atoms. The normalized spacial score (nSPS) is 12.1. The molecule has 0 aliphatic carbocycles. The summed E-state index contributed by atoms with van der Waals surface area (Å²) in [6.07, 6.45) is 3.82. The van der Waals surface area contributed by atoms with Crippen molar-refractivity contribution in [2.75, 3.05) is 0 Å². The summed E-state index contributed by atoms with van der Waals surface area (Å²) in [5.74, 6) is 1.59. The lowest BCUT2D eigenvalue weighted by Gasteiger charge is -2.13. The molecule has 2 rings (SSSR count). The number of aryl methyl sites for hydroxylation is 1. The number of nitrogens with zero attached hydrogens (tertiary/aromatic N) is 3. The molecule has 1 heterocycles. The van der Waals surface area contributed by atoms with E-state index in [9.17, 15) is 0 Å². The Labute approximate surface area is 118 Å². The zero-order valence-corrected chi connectivity index (χ0v) is 12.0. The molecule has 3 N–H and O–H groups in total. The van der Waals surface area contributed by atoms with Crippen LogP contribution >= 0.6 is 0 Å². The molecular formula is C15H20N4O. The van der Waals surface area contributed by atoms with Gasteiger partial charge in [0.15, 0.2) is 5.84 Å². The Morgan fingerprint density at radius 3 is 2.80 bits per heavy atom. The van der Waals surface area contributed by atoms with Gasteiger partial charge in [0, 0.05) is 30.4 Å². The Bertz CT molecular complexity index is 629. The molecule has 0 aliphatic rings. The van der Waals surface area contributed by atoms with Crippen LogP contribution in [0.1, 0.15) is 42.3 Å². The van der Waals surface area contributed by atoms with Crippen LogP contribution < -0.4 is 5.73 Å². The van der Waals surface area contributed by atoms with Crippen molar-refractivity contribution in [3.8, 4) is 0 Å². The van der Waals surface area contributed by atoms with E-state index < -0.39 is 0 Å². The van der Waals surface area contributed by atoms with E-state index in [1.807, 2.05) is 37.5 Å². The number of aromatic nitrogens is 2. The van der Waals surface area contributed by atoms with Gasteiger partial charge in [0.05, 0.1) is 0 Å². The fraction of sp³-hybridized carbons (Fsp3) is 0.333. The number of hydrogen-bond donors (Lipinski definition) is 2. The number of benzene rings is 1. The second-order valence-corrected chi connectivity index (χ2v) is 5.19. The first-order valence-corrected chi connectivity index (χ1v) is 6.61. The maximum absolute atomic E-state index is 8.70. The lowest BCUT2D eigenvalue weighted by atomic mass is 10.0. The summed E-state index contributed by atoms with van der Waals surface area (Å²) in [7, 11) is 0. The van der Waals surface area contributed by atoms with Gasteiger partial charge in [-0.1, -0.05) is 31.1 Å². The summed E-state index contributed by atoms with van der Waals surface area (Å²) in [5.41, 5.74) is 8.63. The van der Waals surface area contributed by atoms with Gasteiger partial charge in [-0.25, -0.2) is 4.98 Å². The third kappa shape index (κ3) is 2.82. The summed E-state index contributed by atoms with van der Waals surface area (Å²) in [4.78, 5) is 4.39. The fourth-order valence-corrected chi connectivity index (χ4v) is 2.23. The van der Waals surface area contributed by atoms with E-state index in [0.29, 0.717) is 5.92 Å². The lowest BCUT2D eigenvalue weighted by Crippen LogP contribution is -2.14. The van der Waals surface area contributed by atoms with E-state index in [0.717, 1.165) is 23.5 Å². The van der Waals surface area contributed by atoms with E-state index >= 15 is 0 Å². The number of nitrogens with two attached hydrogens (primary N) is 1. The third-order valence-electron chi connectivity index (χ3n) is 3.35. The van der Waals surface area contributed by atoms with Crippen molar-refractivity contribution >= 4 is 5.84 Å². The first-order valence-electron chi connectivity index (χ1n) is 6.61. The average Bonchev–Trinajstić information content (AvgIpc) is 2.88. The van der Waals surface area contributed by atoms with Crippen LogP contribution in [0.2, 0.25) is 0 Å². The highest BCUT2D eigenvalue weighted by Gasteiger charge is 2.09. The molecule has 0 amide bonds. The number of imidazole rings is 1. The molecule has 5 heteroatoms. The highest BCUT2D eigenvalue weighted by atomic mass is 16.4. The van der Waals surface area contributed by atoms with Crippen LogP contribution in [0.15, 0.2) is 35.7 Å². The number of amidine groups is 1. The topological polar surface area (TPSA) is 76.4 Å². The molecule has 106 valence electrons. The number of hydrogen-bond acceptors (Lipinski definition) is 3. The van der Waals surface area contributed by atoms with Crippen LogP contribution in [-0.4, -0.2) is 20.6 Å². The van der Waals surface area contributed by atoms with Crippen molar-refractivity contribution in [3.63, 3.8) is 0 Å². The van der Waals surface area contributed by atoms with Crippen molar-refractivity contribution in [1.29, 1.82) is 0 Å². The highest BCUT2D eigenvalue weighted by Crippen LogP contribution is 2.17. The minimum atomic E-state index is 0.130. The molecule has 0 saturated heterocycles. The fourth-order valence-electron chi connectivity index (χ4n) is 2.23. The van der Waals surface area contributed by atoms with E-state index in [1.54, 1.807) is 0 Å². The van der Waals surface area contributed by atoms with Gasteiger partial charge in [0.1, 0.15) is 5.82 Å². The zero-order valence-electron chi connectivity index (χ0n) is 12.0. The van der Waals surface area contributed by atoms with E-state index in [-0.39, 0.29) is 5.84 Å². The monoisotopic (exact) mass is 272 g/mol. The Balaban J connectivity index is 2.28. The maximum atomic E-state index is 8.70. The van der Waals surface area contributed by atoms with Gasteiger partial charge >= 0.3 is 0 Å². The minimum Gasteiger partial charge on any atom is -0.409 e. The van der Waals surface area contributed by atoms with Crippen LogP contribution in [0.5, 0.6) is 0 Å². The Kier molecular flexibility index (Phi) is 4.08. The largest absolute Gasteiger partial charge is 0.409 e. The Morgan fingerprint density at radius 2 is 2.20 bits per heavy atom. The van der Waals surface area contributed by atoms with Gasteiger partial charge in [-0.05, 0) is 24.1 Å². The van der Waals surface area contributed by atoms with Crippen LogP contribution in [-0.2, 0) is 6.54 Å². The zero-order chi connectivity index (χ0) is 14.7. The second kappa shape index (κ2) is 5.77. The van der Waals surface area contributed by atoms with Crippen molar-refractivity contribution in [1.82, 2.24) is 9.55 Å². The maximum Gasteiger partial charge on any atom is 0.170 e. The second-order valence-electron chi connectivity index (χ2n) is 5.19. The van der Waals surface area contributed by atoms with Crippen LogP contribution in [0.3, 0.4) is 0 Å². The smallest absolute Gasteiger partial charge is 0.170 e. The average molecular weight is 272 g/mol. The van der Waals surface area contributed by atoms with E-state index in [2.05, 4.69) is 28.6 Å². The molecule has 0 atom stereocenters. The van der Waals surface area contributed by atoms with Gasteiger partial charge in [-0.15, -0.1) is 0 Å². The quantitative estimate of drug-likeness (QED) is 0.388. The predicted octanol–water partition coefficient (Wildman–Crippen LogP) is 2.46. The highest BCUT2D eigenvalue weighted by molar-refractivity contribution is 5.97. The molecule has 0 spiro atoms. The summed E-state index contributed by atoms with van der Waals surface area (Å²) >= 11 is 0. The number of oxime groups is 1. The molecular weight excluding hydrogens is 252 g/mol. The van der Waals surface area contributed by atoms with Gasteiger partial charge < -0.3 is 15.5 Å². The summed E-state index contributed by atoms with van der Waals surface area (Å²) in [6, 6.07) is 5.80. The molecule has 5 nitrogen and oxygen atoms in total. The summed E-state index contributed by atoms with van der Waals surface area (Å²) in [6.45, 7) is 7.06. The Morgan fingerprint density at radius 1 is 1.45 bits per heavy atom. The molecule has 1 aromatic heterocycles. The van der Waals surface area contributed by atoms with Crippen LogP contribution in [0.4, 0.5) is 0 Å². The van der Waals surface area contributed by atoms with Gasteiger partial charge in [-0.2, -0.15) is 0 Å². The van der Waals surface area contributed by atoms with Crippen LogP contribution in [0.25, 0.3) is 0 Å². The van der Waals surface area contributed by atoms with E-state index in [1.165, 1.54) is 5.56 Å². The van der Waals surface area contributed by atoms with Gasteiger partial charge in [-0.3, -0.25) is 0 Å². The van der Waals surface area contributed by atoms with Crippen molar-refractivity contribution < 1.29 is 5.21 Å². The van der Waals surface area contributed by atoms with Crippen molar-refractivity contribution in [2.24, 2.45) is 10.9 Å². The first-order chi connectivity index (χ1) is 9.52. The molecule has 0 aliphatic heterocycles.